The first-order chi connectivity index (χ1) is 7.07. The summed E-state index contributed by atoms with van der Waals surface area (Å²) in [5.41, 5.74) is 0. The monoisotopic (exact) mass is 214 g/mol. The minimum atomic E-state index is -0.0731. The summed E-state index contributed by atoms with van der Waals surface area (Å²) in [6.45, 7) is 7.94. The van der Waals surface area contributed by atoms with E-state index in [-0.39, 0.29) is 18.0 Å². The third kappa shape index (κ3) is 8.46. The smallest absolute Gasteiger partial charge is 0.308 e. The second-order valence-corrected chi connectivity index (χ2v) is 4.61. The van der Waals surface area contributed by atoms with E-state index in [1.165, 1.54) is 32.1 Å². The third-order valence-corrected chi connectivity index (χ3v) is 2.50. The van der Waals surface area contributed by atoms with Gasteiger partial charge in [-0.1, -0.05) is 46.5 Å². The molecular formula is C13H26O2. The molecule has 0 aromatic carbocycles. The summed E-state index contributed by atoms with van der Waals surface area (Å²) in [7, 11) is 0. The van der Waals surface area contributed by atoms with E-state index in [1.807, 2.05) is 20.8 Å². The molecule has 0 bridgehead atoms. The fourth-order valence-corrected chi connectivity index (χ4v) is 1.43. The summed E-state index contributed by atoms with van der Waals surface area (Å²) in [6, 6.07) is 0. The molecule has 2 heteroatoms. The molecule has 2 nitrogen and oxygen atoms in total. The highest BCUT2D eigenvalue weighted by molar-refractivity contribution is 5.71. The minimum Gasteiger partial charge on any atom is -0.462 e. The van der Waals surface area contributed by atoms with E-state index < -0.39 is 0 Å². The van der Waals surface area contributed by atoms with Crippen molar-refractivity contribution < 1.29 is 9.53 Å². The van der Waals surface area contributed by atoms with Gasteiger partial charge in [-0.25, -0.2) is 0 Å². The molecule has 90 valence electrons. The lowest BCUT2D eigenvalue weighted by molar-refractivity contribution is -0.152. The molecule has 0 saturated carbocycles. The molecular weight excluding hydrogens is 188 g/mol. The molecule has 0 aliphatic rings. The highest BCUT2D eigenvalue weighted by atomic mass is 16.5. The van der Waals surface area contributed by atoms with Crippen molar-refractivity contribution in [1.29, 1.82) is 0 Å². The normalized spacial score (nSPS) is 12.9. The molecule has 0 rings (SSSR count). The van der Waals surface area contributed by atoms with Gasteiger partial charge in [0.1, 0.15) is 0 Å². The van der Waals surface area contributed by atoms with Crippen LogP contribution in [0.25, 0.3) is 0 Å². The van der Waals surface area contributed by atoms with Crippen molar-refractivity contribution in [2.24, 2.45) is 5.92 Å². The lowest BCUT2D eigenvalue weighted by Gasteiger charge is -2.14. The number of hydrogen-bond acceptors (Lipinski definition) is 2. The molecule has 0 aromatic heterocycles. The van der Waals surface area contributed by atoms with Crippen LogP contribution >= 0.6 is 0 Å². The maximum absolute atomic E-state index is 11.3. The Kier molecular flexibility index (Phi) is 8.44. The van der Waals surface area contributed by atoms with E-state index in [9.17, 15) is 4.79 Å². The Hall–Kier alpha value is -0.530. The zero-order chi connectivity index (χ0) is 11.7. The number of rotatable bonds is 8. The van der Waals surface area contributed by atoms with Crippen LogP contribution in [0.2, 0.25) is 0 Å². The van der Waals surface area contributed by atoms with Crippen LogP contribution in [0.4, 0.5) is 0 Å². The average Bonchev–Trinajstić information content (AvgIpc) is 2.17. The summed E-state index contributed by atoms with van der Waals surface area (Å²) < 4.78 is 5.28. The molecule has 0 fully saturated rings. The Balaban J connectivity index is 3.41. The Morgan fingerprint density at radius 3 is 2.20 bits per heavy atom. The van der Waals surface area contributed by atoms with Crippen molar-refractivity contribution in [2.75, 3.05) is 0 Å². The van der Waals surface area contributed by atoms with Crippen LogP contribution in [0.1, 0.15) is 66.2 Å². The van der Waals surface area contributed by atoms with E-state index in [2.05, 4.69) is 6.92 Å². The maximum atomic E-state index is 11.3. The molecule has 0 spiro atoms. The van der Waals surface area contributed by atoms with Gasteiger partial charge >= 0.3 is 5.97 Å². The first-order valence-corrected chi connectivity index (χ1v) is 6.28. The second kappa shape index (κ2) is 8.75. The average molecular weight is 214 g/mol. The van der Waals surface area contributed by atoms with E-state index in [0.717, 1.165) is 6.42 Å². The lowest BCUT2D eigenvalue weighted by atomic mass is 10.1. The molecule has 0 aliphatic heterocycles. The van der Waals surface area contributed by atoms with Crippen LogP contribution in [-0.4, -0.2) is 12.1 Å². The Labute approximate surface area is 94.4 Å². The number of carbonyl (C=O) groups is 1. The van der Waals surface area contributed by atoms with Crippen LogP contribution < -0.4 is 0 Å². The van der Waals surface area contributed by atoms with E-state index in [0.29, 0.717) is 0 Å². The number of esters is 1. The van der Waals surface area contributed by atoms with Crippen LogP contribution in [0.15, 0.2) is 0 Å². The Morgan fingerprint density at radius 2 is 1.67 bits per heavy atom. The Bertz CT molecular complexity index is 164. The number of ether oxygens (including phenoxy) is 1. The van der Waals surface area contributed by atoms with Gasteiger partial charge in [0.25, 0.3) is 0 Å². The summed E-state index contributed by atoms with van der Waals surface area (Å²) >= 11 is 0. The van der Waals surface area contributed by atoms with Gasteiger partial charge in [0.15, 0.2) is 0 Å². The number of carbonyl (C=O) groups excluding carboxylic acids is 1. The molecule has 0 heterocycles. The van der Waals surface area contributed by atoms with Crippen LogP contribution in [0, 0.1) is 5.92 Å². The van der Waals surface area contributed by atoms with Crippen molar-refractivity contribution in [3.8, 4) is 0 Å². The molecule has 0 amide bonds. The Morgan fingerprint density at radius 1 is 1.07 bits per heavy atom. The van der Waals surface area contributed by atoms with Crippen LogP contribution in [0.3, 0.4) is 0 Å². The maximum Gasteiger partial charge on any atom is 0.308 e. The lowest BCUT2D eigenvalue weighted by Crippen LogP contribution is -2.18. The fourth-order valence-electron chi connectivity index (χ4n) is 1.43. The molecule has 0 aromatic rings. The van der Waals surface area contributed by atoms with Gasteiger partial charge in [-0.15, -0.1) is 0 Å². The molecule has 15 heavy (non-hydrogen) atoms. The van der Waals surface area contributed by atoms with Gasteiger partial charge in [0, 0.05) is 0 Å². The minimum absolute atomic E-state index is 0.00691. The predicted molar refractivity (Wildman–Crippen MR) is 63.8 cm³/mol. The van der Waals surface area contributed by atoms with Gasteiger partial charge in [0.05, 0.1) is 12.0 Å². The predicted octanol–water partition coefficient (Wildman–Crippen LogP) is 3.93. The SMILES string of the molecule is CCCCCCC[C@H](C)OC(=O)C(C)C. The van der Waals surface area contributed by atoms with E-state index in [4.69, 9.17) is 4.74 Å². The van der Waals surface area contributed by atoms with Gasteiger partial charge in [-0.3, -0.25) is 4.79 Å². The summed E-state index contributed by atoms with van der Waals surface area (Å²) in [6.07, 6.45) is 7.42. The van der Waals surface area contributed by atoms with E-state index >= 15 is 0 Å². The van der Waals surface area contributed by atoms with Crippen molar-refractivity contribution in [3.05, 3.63) is 0 Å². The van der Waals surface area contributed by atoms with Gasteiger partial charge in [-0.05, 0) is 19.8 Å². The summed E-state index contributed by atoms with van der Waals surface area (Å²) in [4.78, 5) is 11.3. The number of unbranched alkanes of at least 4 members (excludes halogenated alkanes) is 4. The topological polar surface area (TPSA) is 26.3 Å². The van der Waals surface area contributed by atoms with Crippen molar-refractivity contribution in [1.82, 2.24) is 0 Å². The molecule has 1 atom stereocenters. The molecule has 0 N–H and O–H groups in total. The van der Waals surface area contributed by atoms with Crippen molar-refractivity contribution >= 4 is 5.97 Å². The first kappa shape index (κ1) is 14.5. The van der Waals surface area contributed by atoms with Gasteiger partial charge < -0.3 is 4.74 Å². The van der Waals surface area contributed by atoms with Crippen molar-refractivity contribution in [2.45, 2.75) is 72.3 Å². The summed E-state index contributed by atoms with van der Waals surface area (Å²) in [5.74, 6) is -0.0800. The highest BCUT2D eigenvalue weighted by Crippen LogP contribution is 2.10. The number of hydrogen-bond donors (Lipinski definition) is 0. The molecule has 0 unspecified atom stereocenters. The van der Waals surface area contributed by atoms with E-state index in [1.54, 1.807) is 0 Å². The van der Waals surface area contributed by atoms with Crippen LogP contribution in [-0.2, 0) is 9.53 Å². The third-order valence-electron chi connectivity index (χ3n) is 2.50. The van der Waals surface area contributed by atoms with Gasteiger partial charge in [0.2, 0.25) is 0 Å². The standard InChI is InChI=1S/C13H26O2/c1-5-6-7-8-9-10-12(4)15-13(14)11(2)3/h11-12H,5-10H2,1-4H3/t12-/m0/s1. The zero-order valence-corrected chi connectivity index (χ0v) is 10.7. The van der Waals surface area contributed by atoms with Crippen LogP contribution in [0.5, 0.6) is 0 Å². The van der Waals surface area contributed by atoms with Crippen molar-refractivity contribution in [3.63, 3.8) is 0 Å². The second-order valence-electron chi connectivity index (χ2n) is 4.61. The quantitative estimate of drug-likeness (QED) is 0.452. The molecule has 0 saturated heterocycles. The first-order valence-electron chi connectivity index (χ1n) is 6.28. The largest absolute Gasteiger partial charge is 0.462 e. The molecule has 0 radical (unpaired) electrons. The van der Waals surface area contributed by atoms with Gasteiger partial charge in [-0.2, -0.15) is 0 Å². The fraction of sp³-hybridized carbons (Fsp3) is 0.923. The zero-order valence-electron chi connectivity index (χ0n) is 10.7. The highest BCUT2D eigenvalue weighted by Gasteiger charge is 2.12. The molecule has 0 aliphatic carbocycles. The summed E-state index contributed by atoms with van der Waals surface area (Å²) in [5, 5.41) is 0.